The van der Waals surface area contributed by atoms with Gasteiger partial charge in [0.2, 0.25) is 0 Å². The summed E-state index contributed by atoms with van der Waals surface area (Å²) in [7, 11) is 2.01. The molecule has 0 aromatic heterocycles. The van der Waals surface area contributed by atoms with E-state index < -0.39 is 0 Å². The van der Waals surface area contributed by atoms with E-state index in [1.165, 1.54) is 18.6 Å². The van der Waals surface area contributed by atoms with Gasteiger partial charge in [0.15, 0.2) is 0 Å². The average Bonchev–Trinajstić information content (AvgIpc) is 2.43. The number of nitrogens with zero attached hydrogens (tertiary/aromatic N) is 1. The fourth-order valence-corrected chi connectivity index (χ4v) is 3.01. The van der Waals surface area contributed by atoms with Crippen LogP contribution in [0.4, 0.5) is 4.39 Å². The maximum absolute atomic E-state index is 13.1. The molecule has 0 radical (unpaired) electrons. The predicted octanol–water partition coefficient (Wildman–Crippen LogP) is 2.98. The molecule has 0 saturated carbocycles. The molecule has 1 heterocycles. The third-order valence-corrected chi connectivity index (χ3v) is 4.17. The lowest BCUT2D eigenvalue weighted by Gasteiger charge is -2.32. The first-order valence-electron chi connectivity index (χ1n) is 7.08. The summed E-state index contributed by atoms with van der Waals surface area (Å²) in [5.41, 5.74) is 6.75. The molecule has 5 heteroatoms. The fourth-order valence-electron chi connectivity index (χ4n) is 2.72. The summed E-state index contributed by atoms with van der Waals surface area (Å²) in [6.45, 7) is 2.09. The number of rotatable bonds is 5. The highest BCUT2D eigenvalue weighted by Crippen LogP contribution is 2.28. The molecular formula is C15H22ClFN2O. The molecule has 2 atom stereocenters. The van der Waals surface area contributed by atoms with Crippen molar-refractivity contribution in [2.75, 3.05) is 26.7 Å². The Morgan fingerprint density at radius 1 is 1.50 bits per heavy atom. The Labute approximate surface area is 124 Å². The molecule has 1 fully saturated rings. The van der Waals surface area contributed by atoms with Gasteiger partial charge in [0.25, 0.3) is 0 Å². The summed E-state index contributed by atoms with van der Waals surface area (Å²) in [6, 6.07) is 4.46. The van der Waals surface area contributed by atoms with E-state index in [2.05, 4.69) is 4.90 Å². The third kappa shape index (κ3) is 3.92. The van der Waals surface area contributed by atoms with Crippen LogP contribution >= 0.6 is 11.6 Å². The molecule has 1 aliphatic rings. The number of ether oxygens (including phenoxy) is 1. The summed E-state index contributed by atoms with van der Waals surface area (Å²) in [6.07, 6.45) is 3.69. The molecule has 0 amide bonds. The first kappa shape index (κ1) is 15.7. The summed E-state index contributed by atoms with van der Waals surface area (Å²) in [5, 5.41) is 0.428. The number of nitrogens with two attached hydrogens (primary N) is 1. The monoisotopic (exact) mass is 300 g/mol. The van der Waals surface area contributed by atoms with Gasteiger partial charge in [0, 0.05) is 30.8 Å². The quantitative estimate of drug-likeness (QED) is 0.908. The molecule has 2 rings (SSSR count). The van der Waals surface area contributed by atoms with Crippen molar-refractivity contribution >= 4 is 11.6 Å². The summed E-state index contributed by atoms with van der Waals surface area (Å²) < 4.78 is 18.9. The second-order valence-corrected chi connectivity index (χ2v) is 5.75. The molecule has 0 spiro atoms. The Kier molecular flexibility index (Phi) is 5.78. The van der Waals surface area contributed by atoms with Crippen LogP contribution in [0.25, 0.3) is 0 Å². The van der Waals surface area contributed by atoms with Gasteiger partial charge in [-0.1, -0.05) is 17.7 Å². The van der Waals surface area contributed by atoms with Crippen molar-refractivity contribution in [3.05, 3.63) is 34.6 Å². The maximum atomic E-state index is 13.1. The summed E-state index contributed by atoms with van der Waals surface area (Å²) in [5.74, 6) is -0.326. The van der Waals surface area contributed by atoms with Gasteiger partial charge in [-0.05, 0) is 44.0 Å². The van der Waals surface area contributed by atoms with Gasteiger partial charge in [-0.2, -0.15) is 0 Å². The zero-order valence-corrected chi connectivity index (χ0v) is 12.6. The zero-order valence-electron chi connectivity index (χ0n) is 11.8. The maximum Gasteiger partial charge on any atom is 0.124 e. The van der Waals surface area contributed by atoms with Crippen LogP contribution in [0.15, 0.2) is 18.2 Å². The highest BCUT2D eigenvalue weighted by Gasteiger charge is 2.23. The van der Waals surface area contributed by atoms with Gasteiger partial charge in [-0.15, -0.1) is 0 Å². The average molecular weight is 301 g/mol. The number of hydrogen-bond donors (Lipinski definition) is 1. The normalized spacial score (nSPS) is 21.1. The first-order chi connectivity index (χ1) is 9.61. The second kappa shape index (κ2) is 7.36. The van der Waals surface area contributed by atoms with Crippen LogP contribution in [0, 0.1) is 5.82 Å². The molecule has 1 saturated heterocycles. The zero-order chi connectivity index (χ0) is 14.5. The Morgan fingerprint density at radius 3 is 2.90 bits per heavy atom. The van der Waals surface area contributed by atoms with Gasteiger partial charge in [0.05, 0.1) is 6.10 Å². The molecule has 3 nitrogen and oxygen atoms in total. The smallest absolute Gasteiger partial charge is 0.124 e. The van der Waals surface area contributed by atoms with E-state index in [9.17, 15) is 4.39 Å². The van der Waals surface area contributed by atoms with Gasteiger partial charge in [-0.25, -0.2) is 4.39 Å². The Morgan fingerprint density at radius 2 is 2.30 bits per heavy atom. The SMILES string of the molecule is CN(CC1CCCCO1)C(CN)c1ccc(F)cc1Cl. The van der Waals surface area contributed by atoms with Crippen LogP contribution in [0.3, 0.4) is 0 Å². The number of halogens is 2. The van der Waals surface area contributed by atoms with Crippen molar-refractivity contribution in [2.24, 2.45) is 5.73 Å². The Hall–Kier alpha value is -0.680. The molecule has 20 heavy (non-hydrogen) atoms. The van der Waals surface area contributed by atoms with E-state index in [4.69, 9.17) is 22.1 Å². The fraction of sp³-hybridized carbons (Fsp3) is 0.600. The van der Waals surface area contributed by atoms with E-state index in [-0.39, 0.29) is 18.0 Å². The molecule has 1 aromatic carbocycles. The Bertz CT molecular complexity index is 438. The van der Waals surface area contributed by atoms with Crippen LogP contribution < -0.4 is 5.73 Å². The van der Waals surface area contributed by atoms with Gasteiger partial charge in [0.1, 0.15) is 5.82 Å². The lowest BCUT2D eigenvalue weighted by Crippen LogP contribution is -2.38. The number of likely N-dealkylation sites (N-methyl/N-ethyl adjacent to an activating group) is 1. The van der Waals surface area contributed by atoms with Crippen molar-refractivity contribution in [3.63, 3.8) is 0 Å². The van der Waals surface area contributed by atoms with Gasteiger partial charge in [-0.3, -0.25) is 4.90 Å². The minimum absolute atomic E-state index is 0.0198. The van der Waals surface area contributed by atoms with Crippen LogP contribution in [0.1, 0.15) is 30.9 Å². The molecule has 1 aromatic rings. The third-order valence-electron chi connectivity index (χ3n) is 3.84. The van der Waals surface area contributed by atoms with Crippen molar-refractivity contribution < 1.29 is 9.13 Å². The van der Waals surface area contributed by atoms with E-state index >= 15 is 0 Å². The van der Waals surface area contributed by atoms with Gasteiger partial charge >= 0.3 is 0 Å². The highest BCUT2D eigenvalue weighted by atomic mass is 35.5. The largest absolute Gasteiger partial charge is 0.377 e. The molecule has 1 aliphatic heterocycles. The van der Waals surface area contributed by atoms with Crippen molar-refractivity contribution in [1.29, 1.82) is 0 Å². The minimum atomic E-state index is -0.326. The van der Waals surface area contributed by atoms with Crippen LogP contribution in [0.5, 0.6) is 0 Å². The highest BCUT2D eigenvalue weighted by molar-refractivity contribution is 6.31. The van der Waals surface area contributed by atoms with Crippen molar-refractivity contribution in [3.8, 4) is 0 Å². The summed E-state index contributed by atoms with van der Waals surface area (Å²) >= 11 is 6.14. The van der Waals surface area contributed by atoms with E-state index in [1.807, 2.05) is 7.05 Å². The lowest BCUT2D eigenvalue weighted by molar-refractivity contribution is -0.00777. The lowest BCUT2D eigenvalue weighted by atomic mass is 10.0. The van der Waals surface area contributed by atoms with E-state index in [0.29, 0.717) is 11.6 Å². The van der Waals surface area contributed by atoms with Gasteiger partial charge < -0.3 is 10.5 Å². The van der Waals surface area contributed by atoms with E-state index in [0.717, 1.165) is 31.6 Å². The second-order valence-electron chi connectivity index (χ2n) is 5.35. The van der Waals surface area contributed by atoms with Crippen LogP contribution in [0.2, 0.25) is 5.02 Å². The topological polar surface area (TPSA) is 38.5 Å². The molecule has 0 bridgehead atoms. The number of benzene rings is 1. The first-order valence-corrected chi connectivity index (χ1v) is 7.46. The van der Waals surface area contributed by atoms with Crippen molar-refractivity contribution in [2.45, 2.75) is 31.4 Å². The van der Waals surface area contributed by atoms with Crippen LogP contribution in [-0.4, -0.2) is 37.7 Å². The standard InChI is InChI=1S/C15H22ClFN2O/c1-19(10-12-4-2-3-7-20-12)15(9-18)13-6-5-11(17)8-14(13)16/h5-6,8,12,15H,2-4,7,9-10,18H2,1H3. The van der Waals surface area contributed by atoms with E-state index in [1.54, 1.807) is 6.07 Å². The molecule has 2 N–H and O–H groups in total. The molecule has 112 valence electrons. The molecule has 2 unspecified atom stereocenters. The molecular weight excluding hydrogens is 279 g/mol. The van der Waals surface area contributed by atoms with Crippen LogP contribution in [-0.2, 0) is 4.74 Å². The number of hydrogen-bond acceptors (Lipinski definition) is 3. The predicted molar refractivity (Wildman–Crippen MR) is 79.4 cm³/mol. The Balaban J connectivity index is 2.06. The minimum Gasteiger partial charge on any atom is -0.377 e. The van der Waals surface area contributed by atoms with Crippen molar-refractivity contribution in [1.82, 2.24) is 4.90 Å². The molecule has 0 aliphatic carbocycles. The summed E-state index contributed by atoms with van der Waals surface area (Å²) in [4.78, 5) is 2.15.